The first kappa shape index (κ1) is 12.3. The standard InChI is InChI=1S/C14H19N5/c1-19(10-11-4-2-3-7-15-11)13-6-5-12-14(18-13)17-9-8-16-12/h5-6,8-9,11,15H,2-4,7,10H2,1H3. The van der Waals surface area contributed by atoms with Crippen molar-refractivity contribution in [2.45, 2.75) is 25.3 Å². The Morgan fingerprint density at radius 3 is 3.00 bits per heavy atom. The molecule has 1 atom stereocenters. The van der Waals surface area contributed by atoms with Gasteiger partial charge < -0.3 is 10.2 Å². The predicted molar refractivity (Wildman–Crippen MR) is 76.2 cm³/mol. The lowest BCUT2D eigenvalue weighted by Gasteiger charge is -2.28. The van der Waals surface area contributed by atoms with Crippen molar-refractivity contribution < 1.29 is 0 Å². The van der Waals surface area contributed by atoms with Crippen molar-refractivity contribution >= 4 is 17.0 Å². The van der Waals surface area contributed by atoms with Crippen molar-refractivity contribution in [1.29, 1.82) is 0 Å². The molecule has 1 aliphatic rings. The highest BCUT2D eigenvalue weighted by atomic mass is 15.2. The molecule has 3 rings (SSSR count). The highest BCUT2D eigenvalue weighted by molar-refractivity contribution is 5.71. The molecule has 1 fully saturated rings. The van der Waals surface area contributed by atoms with Gasteiger partial charge >= 0.3 is 0 Å². The lowest BCUT2D eigenvalue weighted by Crippen LogP contribution is -2.42. The summed E-state index contributed by atoms with van der Waals surface area (Å²) in [6.07, 6.45) is 7.24. The van der Waals surface area contributed by atoms with Gasteiger partial charge in [0.1, 0.15) is 11.3 Å². The third kappa shape index (κ3) is 2.81. The first-order chi connectivity index (χ1) is 9.33. The van der Waals surface area contributed by atoms with Crippen LogP contribution in [0.25, 0.3) is 11.2 Å². The fourth-order valence-corrected chi connectivity index (χ4v) is 2.56. The Balaban J connectivity index is 1.75. The zero-order valence-corrected chi connectivity index (χ0v) is 11.2. The Bertz CT molecular complexity index is 550. The molecule has 100 valence electrons. The molecule has 1 aliphatic heterocycles. The van der Waals surface area contributed by atoms with Crippen molar-refractivity contribution in [2.75, 3.05) is 25.0 Å². The summed E-state index contributed by atoms with van der Waals surface area (Å²) in [6.45, 7) is 2.12. The Labute approximate surface area is 113 Å². The largest absolute Gasteiger partial charge is 0.358 e. The molecule has 0 aliphatic carbocycles. The number of rotatable bonds is 3. The minimum atomic E-state index is 0.568. The van der Waals surface area contributed by atoms with Crippen LogP contribution in [0.15, 0.2) is 24.5 Å². The minimum Gasteiger partial charge on any atom is -0.358 e. The summed E-state index contributed by atoms with van der Waals surface area (Å²) >= 11 is 0. The van der Waals surface area contributed by atoms with Crippen molar-refractivity contribution in [3.8, 4) is 0 Å². The molecule has 0 saturated carbocycles. The van der Waals surface area contributed by atoms with E-state index < -0.39 is 0 Å². The van der Waals surface area contributed by atoms with E-state index in [0.717, 1.165) is 24.4 Å². The number of nitrogens with zero attached hydrogens (tertiary/aromatic N) is 4. The topological polar surface area (TPSA) is 53.9 Å². The van der Waals surface area contributed by atoms with Gasteiger partial charge in [-0.2, -0.15) is 0 Å². The van der Waals surface area contributed by atoms with Gasteiger partial charge in [0.05, 0.1) is 0 Å². The van der Waals surface area contributed by atoms with Gasteiger partial charge in [-0.1, -0.05) is 6.42 Å². The quantitative estimate of drug-likeness (QED) is 0.905. The van der Waals surface area contributed by atoms with Gasteiger partial charge in [-0.15, -0.1) is 0 Å². The van der Waals surface area contributed by atoms with Crippen LogP contribution >= 0.6 is 0 Å². The molecule has 0 spiro atoms. The molecule has 19 heavy (non-hydrogen) atoms. The van der Waals surface area contributed by atoms with Gasteiger partial charge in [-0.3, -0.25) is 4.98 Å². The molecule has 3 heterocycles. The number of fused-ring (bicyclic) bond motifs is 1. The van der Waals surface area contributed by atoms with E-state index in [0.29, 0.717) is 11.7 Å². The van der Waals surface area contributed by atoms with E-state index in [1.165, 1.54) is 19.3 Å². The molecule has 1 saturated heterocycles. The zero-order valence-electron chi connectivity index (χ0n) is 11.2. The highest BCUT2D eigenvalue weighted by Gasteiger charge is 2.15. The predicted octanol–water partition coefficient (Wildman–Crippen LogP) is 1.60. The van der Waals surface area contributed by atoms with Gasteiger partial charge in [0.15, 0.2) is 5.65 Å². The van der Waals surface area contributed by atoms with Crippen molar-refractivity contribution in [1.82, 2.24) is 20.3 Å². The maximum Gasteiger partial charge on any atom is 0.180 e. The van der Waals surface area contributed by atoms with E-state index in [1.54, 1.807) is 12.4 Å². The smallest absolute Gasteiger partial charge is 0.180 e. The van der Waals surface area contributed by atoms with Crippen molar-refractivity contribution in [3.63, 3.8) is 0 Å². The summed E-state index contributed by atoms with van der Waals surface area (Å²) < 4.78 is 0. The molecule has 2 aromatic heterocycles. The second-order valence-corrected chi connectivity index (χ2v) is 5.10. The van der Waals surface area contributed by atoms with Crippen LogP contribution in [0.1, 0.15) is 19.3 Å². The monoisotopic (exact) mass is 257 g/mol. The van der Waals surface area contributed by atoms with Crippen LogP contribution in [-0.2, 0) is 0 Å². The van der Waals surface area contributed by atoms with Crippen LogP contribution in [0, 0.1) is 0 Å². The normalized spacial score (nSPS) is 19.5. The molecule has 0 bridgehead atoms. The molecule has 1 N–H and O–H groups in total. The maximum absolute atomic E-state index is 4.57. The van der Waals surface area contributed by atoms with Gasteiger partial charge in [-0.05, 0) is 31.5 Å². The molecule has 5 heteroatoms. The third-order valence-electron chi connectivity index (χ3n) is 3.61. The average molecular weight is 257 g/mol. The average Bonchev–Trinajstić information content (AvgIpc) is 2.48. The second-order valence-electron chi connectivity index (χ2n) is 5.10. The Morgan fingerprint density at radius 1 is 1.26 bits per heavy atom. The number of nitrogens with one attached hydrogen (secondary N) is 1. The number of anilines is 1. The van der Waals surface area contributed by atoms with Crippen LogP contribution in [0.4, 0.5) is 5.82 Å². The summed E-state index contributed by atoms with van der Waals surface area (Å²) in [5, 5.41) is 3.56. The van der Waals surface area contributed by atoms with E-state index in [9.17, 15) is 0 Å². The number of likely N-dealkylation sites (N-methyl/N-ethyl adjacent to an activating group) is 1. The lowest BCUT2D eigenvalue weighted by atomic mass is 10.0. The maximum atomic E-state index is 4.57. The minimum absolute atomic E-state index is 0.568. The summed E-state index contributed by atoms with van der Waals surface area (Å²) in [7, 11) is 2.08. The Kier molecular flexibility index (Phi) is 3.55. The number of hydrogen-bond donors (Lipinski definition) is 1. The number of piperidine rings is 1. The molecule has 0 radical (unpaired) electrons. The van der Waals surface area contributed by atoms with Gasteiger partial charge in [0.25, 0.3) is 0 Å². The van der Waals surface area contributed by atoms with Crippen LogP contribution in [0.3, 0.4) is 0 Å². The summed E-state index contributed by atoms with van der Waals surface area (Å²) in [4.78, 5) is 15.3. The molecule has 5 nitrogen and oxygen atoms in total. The first-order valence-corrected chi connectivity index (χ1v) is 6.85. The molecule has 0 amide bonds. The van der Waals surface area contributed by atoms with Crippen LogP contribution in [0.2, 0.25) is 0 Å². The molecule has 2 aromatic rings. The Morgan fingerprint density at radius 2 is 2.16 bits per heavy atom. The Hall–Kier alpha value is -1.75. The fraction of sp³-hybridized carbons (Fsp3) is 0.500. The molecule has 1 unspecified atom stereocenters. The van der Waals surface area contributed by atoms with E-state index in [2.05, 4.69) is 32.2 Å². The van der Waals surface area contributed by atoms with Crippen LogP contribution < -0.4 is 10.2 Å². The zero-order chi connectivity index (χ0) is 13.1. The van der Waals surface area contributed by atoms with E-state index >= 15 is 0 Å². The van der Waals surface area contributed by atoms with Crippen molar-refractivity contribution in [2.24, 2.45) is 0 Å². The number of pyridine rings is 1. The summed E-state index contributed by atoms with van der Waals surface area (Å²) in [6, 6.07) is 4.56. The molecular formula is C14H19N5. The van der Waals surface area contributed by atoms with E-state index in [1.807, 2.05) is 12.1 Å². The van der Waals surface area contributed by atoms with Gasteiger partial charge in [0, 0.05) is 32.0 Å². The highest BCUT2D eigenvalue weighted by Crippen LogP contribution is 2.15. The SMILES string of the molecule is CN(CC1CCCCN1)c1ccc2nccnc2n1. The van der Waals surface area contributed by atoms with Gasteiger partial charge in [-0.25, -0.2) is 9.97 Å². The molecule has 0 aromatic carbocycles. The second kappa shape index (κ2) is 5.48. The first-order valence-electron chi connectivity index (χ1n) is 6.85. The molecular weight excluding hydrogens is 238 g/mol. The van der Waals surface area contributed by atoms with Crippen molar-refractivity contribution in [3.05, 3.63) is 24.5 Å². The summed E-state index contributed by atoms with van der Waals surface area (Å²) in [5.41, 5.74) is 1.55. The van der Waals surface area contributed by atoms with Crippen LogP contribution in [-0.4, -0.2) is 41.1 Å². The summed E-state index contributed by atoms with van der Waals surface area (Å²) in [5.74, 6) is 0.959. The van der Waals surface area contributed by atoms with Crippen LogP contribution in [0.5, 0.6) is 0 Å². The van der Waals surface area contributed by atoms with E-state index in [4.69, 9.17) is 0 Å². The number of aromatic nitrogens is 3. The fourth-order valence-electron chi connectivity index (χ4n) is 2.56. The third-order valence-corrected chi connectivity index (χ3v) is 3.61. The van der Waals surface area contributed by atoms with Gasteiger partial charge in [0.2, 0.25) is 0 Å². The van der Waals surface area contributed by atoms with E-state index in [-0.39, 0.29) is 0 Å². The number of hydrogen-bond acceptors (Lipinski definition) is 5. The lowest BCUT2D eigenvalue weighted by molar-refractivity contribution is 0.403.